The van der Waals surface area contributed by atoms with Gasteiger partial charge in [-0.25, -0.2) is 0 Å². The molecule has 0 saturated heterocycles. The molecule has 0 saturated carbocycles. The minimum Gasteiger partial charge on any atom is -0.371 e. The maximum absolute atomic E-state index is 6.24. The third kappa shape index (κ3) is 5.28. The van der Waals surface area contributed by atoms with Gasteiger partial charge in [0.05, 0.1) is 19.3 Å². The van der Waals surface area contributed by atoms with Crippen LogP contribution in [-0.4, -0.2) is 12.7 Å². The normalized spacial score (nSPS) is 12.2. The molecule has 0 radical (unpaired) electrons. The van der Waals surface area contributed by atoms with Gasteiger partial charge in [0.1, 0.15) is 6.10 Å². The van der Waals surface area contributed by atoms with Crippen LogP contribution in [0.15, 0.2) is 91.0 Å². The van der Waals surface area contributed by atoms with Gasteiger partial charge in [-0.15, -0.1) is 0 Å². The number of hydrogen-bond donors (Lipinski definition) is 0. The zero-order chi connectivity index (χ0) is 17.3. The minimum absolute atomic E-state index is 0.0233. The highest BCUT2D eigenvalue weighted by Crippen LogP contribution is 2.26. The summed E-state index contributed by atoms with van der Waals surface area (Å²) in [5, 5.41) is 0. The lowest BCUT2D eigenvalue weighted by Crippen LogP contribution is -2.19. The van der Waals surface area contributed by atoms with Crippen molar-refractivity contribution in [2.24, 2.45) is 0 Å². The second-order valence-electron chi connectivity index (χ2n) is 6.14. The molecule has 128 valence electrons. The summed E-state index contributed by atoms with van der Waals surface area (Å²) in [6, 6.07) is 30.9. The van der Waals surface area contributed by atoms with E-state index in [1.54, 1.807) is 0 Å². The fraction of sp³-hybridized carbons (Fsp3) is 0.217. The summed E-state index contributed by atoms with van der Waals surface area (Å²) in [5.41, 5.74) is 3.49. The van der Waals surface area contributed by atoms with Gasteiger partial charge in [0.2, 0.25) is 0 Å². The van der Waals surface area contributed by atoms with E-state index in [1.807, 2.05) is 54.6 Å². The van der Waals surface area contributed by atoms with Crippen molar-refractivity contribution in [2.45, 2.75) is 25.7 Å². The first-order chi connectivity index (χ1) is 12.3. The predicted octanol–water partition coefficient (Wildman–Crippen LogP) is 5.40. The van der Waals surface area contributed by atoms with Gasteiger partial charge in [0, 0.05) is 0 Å². The first-order valence-corrected chi connectivity index (χ1v) is 8.70. The number of ether oxygens (including phenoxy) is 2. The van der Waals surface area contributed by atoms with E-state index in [4.69, 9.17) is 9.47 Å². The largest absolute Gasteiger partial charge is 0.371 e. The molecule has 1 atom stereocenters. The number of hydrogen-bond acceptors (Lipinski definition) is 2. The fourth-order valence-electron chi connectivity index (χ4n) is 2.73. The molecule has 0 heterocycles. The van der Waals surface area contributed by atoms with Crippen molar-refractivity contribution in [1.29, 1.82) is 0 Å². The molecule has 0 fully saturated rings. The second kappa shape index (κ2) is 9.16. The molecule has 3 aromatic carbocycles. The van der Waals surface area contributed by atoms with Crippen LogP contribution in [0.2, 0.25) is 0 Å². The van der Waals surface area contributed by atoms with E-state index in [0.29, 0.717) is 13.2 Å². The van der Waals surface area contributed by atoms with Gasteiger partial charge in [-0.2, -0.15) is 0 Å². The van der Waals surface area contributed by atoms with E-state index < -0.39 is 0 Å². The van der Waals surface area contributed by atoms with E-state index in [0.717, 1.165) is 11.1 Å². The second-order valence-corrected chi connectivity index (χ2v) is 6.14. The van der Waals surface area contributed by atoms with E-state index in [9.17, 15) is 0 Å². The molecular formula is C23H24O2. The molecule has 0 aliphatic rings. The maximum Gasteiger partial charge on any atom is 0.108 e. The van der Waals surface area contributed by atoms with Gasteiger partial charge in [0.15, 0.2) is 0 Å². The lowest BCUT2D eigenvalue weighted by atomic mass is 10.0. The van der Waals surface area contributed by atoms with Crippen LogP contribution in [0.25, 0.3) is 0 Å². The summed E-state index contributed by atoms with van der Waals surface area (Å²) >= 11 is 0. The van der Waals surface area contributed by atoms with Crippen LogP contribution in [0, 0.1) is 0 Å². The zero-order valence-corrected chi connectivity index (χ0v) is 14.5. The van der Waals surface area contributed by atoms with Crippen LogP contribution < -0.4 is 0 Å². The van der Waals surface area contributed by atoms with Crippen LogP contribution in [0.4, 0.5) is 0 Å². The molecular weight excluding hydrogens is 308 g/mol. The monoisotopic (exact) mass is 332 g/mol. The number of benzene rings is 3. The molecule has 0 bridgehead atoms. The molecule has 0 aliphatic carbocycles. The SMILES string of the molecule is C[C@@H](COC(c1ccccc1)c1ccccc1)OCc1ccccc1. The van der Waals surface area contributed by atoms with Gasteiger partial charge in [0.25, 0.3) is 0 Å². The van der Waals surface area contributed by atoms with E-state index in [1.165, 1.54) is 5.56 Å². The Kier molecular flexibility index (Phi) is 6.38. The third-order valence-corrected chi connectivity index (χ3v) is 4.08. The van der Waals surface area contributed by atoms with Crippen molar-refractivity contribution in [3.8, 4) is 0 Å². The van der Waals surface area contributed by atoms with E-state index >= 15 is 0 Å². The maximum atomic E-state index is 6.24. The summed E-state index contributed by atoms with van der Waals surface area (Å²) in [7, 11) is 0. The van der Waals surface area contributed by atoms with Gasteiger partial charge in [-0.1, -0.05) is 91.0 Å². The Bertz CT molecular complexity index is 686. The van der Waals surface area contributed by atoms with Crippen molar-refractivity contribution in [1.82, 2.24) is 0 Å². The highest BCUT2D eigenvalue weighted by molar-refractivity contribution is 5.29. The van der Waals surface area contributed by atoms with Crippen molar-refractivity contribution in [3.05, 3.63) is 108 Å². The average Bonchev–Trinajstić information content (AvgIpc) is 2.69. The summed E-state index contributed by atoms with van der Waals surface area (Å²) in [6.07, 6.45) is -0.0553. The Balaban J connectivity index is 1.61. The number of rotatable bonds is 8. The standard InChI is InChI=1S/C23H24O2/c1-19(24-18-20-11-5-2-6-12-20)17-25-23(21-13-7-3-8-14-21)22-15-9-4-10-16-22/h2-16,19,23H,17-18H2,1H3/t19-/m0/s1. The predicted molar refractivity (Wildman–Crippen MR) is 101 cm³/mol. The molecule has 3 rings (SSSR count). The molecule has 0 aromatic heterocycles. The molecule has 2 heteroatoms. The Labute approximate surface area is 150 Å². The Hall–Kier alpha value is -2.42. The summed E-state index contributed by atoms with van der Waals surface area (Å²) < 4.78 is 12.2. The van der Waals surface area contributed by atoms with Crippen LogP contribution in [0.5, 0.6) is 0 Å². The van der Waals surface area contributed by atoms with Gasteiger partial charge in [-0.05, 0) is 23.6 Å². The van der Waals surface area contributed by atoms with Crippen molar-refractivity contribution in [3.63, 3.8) is 0 Å². The molecule has 0 N–H and O–H groups in total. The van der Waals surface area contributed by atoms with E-state index in [-0.39, 0.29) is 12.2 Å². The topological polar surface area (TPSA) is 18.5 Å². The lowest BCUT2D eigenvalue weighted by Gasteiger charge is -2.21. The molecule has 0 unspecified atom stereocenters. The van der Waals surface area contributed by atoms with Crippen LogP contribution in [0.3, 0.4) is 0 Å². The smallest absolute Gasteiger partial charge is 0.108 e. The first-order valence-electron chi connectivity index (χ1n) is 8.70. The fourth-order valence-corrected chi connectivity index (χ4v) is 2.73. The Morgan fingerprint density at radius 1 is 0.640 bits per heavy atom. The Morgan fingerprint density at radius 2 is 1.12 bits per heavy atom. The van der Waals surface area contributed by atoms with Gasteiger partial charge >= 0.3 is 0 Å². The molecule has 0 amide bonds. The van der Waals surface area contributed by atoms with Crippen molar-refractivity contribution >= 4 is 0 Å². The summed E-state index contributed by atoms with van der Waals surface area (Å²) in [4.78, 5) is 0. The summed E-state index contributed by atoms with van der Waals surface area (Å²) in [6.45, 7) is 3.20. The first kappa shape index (κ1) is 17.4. The molecule has 3 aromatic rings. The van der Waals surface area contributed by atoms with Crippen molar-refractivity contribution in [2.75, 3.05) is 6.61 Å². The summed E-state index contributed by atoms with van der Waals surface area (Å²) in [5.74, 6) is 0. The van der Waals surface area contributed by atoms with Crippen LogP contribution in [0.1, 0.15) is 29.7 Å². The average molecular weight is 332 g/mol. The quantitative estimate of drug-likeness (QED) is 0.550. The third-order valence-electron chi connectivity index (χ3n) is 4.08. The van der Waals surface area contributed by atoms with Gasteiger partial charge in [-0.3, -0.25) is 0 Å². The molecule has 25 heavy (non-hydrogen) atoms. The zero-order valence-electron chi connectivity index (χ0n) is 14.5. The van der Waals surface area contributed by atoms with Crippen molar-refractivity contribution < 1.29 is 9.47 Å². The van der Waals surface area contributed by atoms with Crippen LogP contribution >= 0.6 is 0 Å². The van der Waals surface area contributed by atoms with Gasteiger partial charge < -0.3 is 9.47 Å². The lowest BCUT2D eigenvalue weighted by molar-refractivity contribution is -0.0331. The molecule has 0 spiro atoms. The minimum atomic E-state index is -0.0785. The highest BCUT2D eigenvalue weighted by atomic mass is 16.5. The van der Waals surface area contributed by atoms with Crippen LogP contribution in [-0.2, 0) is 16.1 Å². The molecule has 0 aliphatic heterocycles. The Morgan fingerprint density at radius 3 is 1.64 bits per heavy atom. The van der Waals surface area contributed by atoms with E-state index in [2.05, 4.69) is 43.3 Å². The highest BCUT2D eigenvalue weighted by Gasteiger charge is 2.16. The molecule has 2 nitrogen and oxygen atoms in total.